The largest absolute Gasteiger partial charge is 0.298 e. The molecular formula is C18H12N2OS. The van der Waals surface area contributed by atoms with Crippen LogP contribution in [0, 0.1) is 0 Å². The second kappa shape index (κ2) is 5.39. The molecule has 3 nitrogen and oxygen atoms in total. The van der Waals surface area contributed by atoms with E-state index in [1.807, 2.05) is 30.3 Å². The number of aldehydes is 1. The van der Waals surface area contributed by atoms with E-state index in [0.717, 1.165) is 38.6 Å². The molecule has 0 atom stereocenters. The van der Waals surface area contributed by atoms with Gasteiger partial charge >= 0.3 is 0 Å². The van der Waals surface area contributed by atoms with Crippen molar-refractivity contribution in [3.8, 4) is 11.1 Å². The number of hydrogen-bond acceptors (Lipinski definition) is 4. The first-order chi connectivity index (χ1) is 10.9. The van der Waals surface area contributed by atoms with Crippen molar-refractivity contribution in [3.63, 3.8) is 0 Å². The Labute approximate surface area is 132 Å². The summed E-state index contributed by atoms with van der Waals surface area (Å²) in [6.07, 6.45) is 0.948. The molecule has 3 aromatic rings. The first-order valence-electron chi connectivity index (χ1n) is 7.01. The summed E-state index contributed by atoms with van der Waals surface area (Å²) in [6.45, 7) is 0.626. The van der Waals surface area contributed by atoms with Crippen LogP contribution in [0.25, 0.3) is 21.9 Å². The quantitative estimate of drug-likeness (QED) is 0.476. The van der Waals surface area contributed by atoms with E-state index in [0.29, 0.717) is 6.54 Å². The second-order valence-electron chi connectivity index (χ2n) is 5.16. The predicted octanol–water partition coefficient (Wildman–Crippen LogP) is 5.29. The van der Waals surface area contributed by atoms with E-state index in [1.165, 1.54) is 17.5 Å². The molecule has 1 aliphatic heterocycles. The summed E-state index contributed by atoms with van der Waals surface area (Å²) >= 11 is 1.38. The molecule has 1 aliphatic rings. The highest BCUT2D eigenvalue weighted by atomic mass is 32.2. The van der Waals surface area contributed by atoms with E-state index >= 15 is 0 Å². The maximum atomic E-state index is 11.7. The van der Waals surface area contributed by atoms with Gasteiger partial charge in [0, 0.05) is 22.4 Å². The zero-order valence-electron chi connectivity index (χ0n) is 11.7. The van der Waals surface area contributed by atoms with Crippen LogP contribution in [-0.4, -0.2) is 6.29 Å². The number of rotatable bonds is 2. The number of carbonyl (C=O) groups is 1. The highest BCUT2D eigenvalue weighted by Crippen LogP contribution is 2.35. The summed E-state index contributed by atoms with van der Waals surface area (Å²) in [4.78, 5) is 12.8. The maximum Gasteiger partial charge on any atom is 0.151 e. The van der Waals surface area contributed by atoms with Gasteiger partial charge in [-0.1, -0.05) is 48.5 Å². The zero-order valence-corrected chi connectivity index (χ0v) is 12.5. The van der Waals surface area contributed by atoms with Crippen LogP contribution in [0.1, 0.15) is 15.9 Å². The molecule has 0 aliphatic carbocycles. The van der Waals surface area contributed by atoms with Crippen LogP contribution in [0.3, 0.4) is 0 Å². The van der Waals surface area contributed by atoms with Crippen LogP contribution in [0.2, 0.25) is 0 Å². The minimum atomic E-state index is 0.626. The number of nitrogens with zero attached hydrogens (tertiary/aromatic N) is 2. The van der Waals surface area contributed by atoms with E-state index in [1.54, 1.807) is 0 Å². The van der Waals surface area contributed by atoms with E-state index < -0.39 is 0 Å². The highest BCUT2D eigenvalue weighted by Gasteiger charge is 2.13. The average molecular weight is 304 g/mol. The van der Waals surface area contributed by atoms with Gasteiger partial charge in [-0.25, -0.2) is 0 Å². The molecule has 22 heavy (non-hydrogen) atoms. The van der Waals surface area contributed by atoms with Crippen molar-refractivity contribution in [2.24, 2.45) is 9.63 Å². The summed E-state index contributed by atoms with van der Waals surface area (Å²) in [6, 6.07) is 18.2. The SMILES string of the molecule is O=Cc1c(-c2ccc3c(c2)SN=NC3)ccc2ccccc12. The van der Waals surface area contributed by atoms with E-state index in [9.17, 15) is 4.79 Å². The number of benzene rings is 3. The molecule has 0 saturated heterocycles. The number of hydrogen-bond donors (Lipinski definition) is 0. The summed E-state index contributed by atoms with van der Waals surface area (Å²) in [5, 5.41) is 6.09. The number of fused-ring (bicyclic) bond motifs is 2. The van der Waals surface area contributed by atoms with Crippen LogP contribution >= 0.6 is 11.9 Å². The van der Waals surface area contributed by atoms with E-state index in [4.69, 9.17) is 0 Å². The van der Waals surface area contributed by atoms with Crippen LogP contribution < -0.4 is 0 Å². The molecule has 0 spiro atoms. The lowest BCUT2D eigenvalue weighted by molar-refractivity contribution is 0.112. The molecule has 0 N–H and O–H groups in total. The van der Waals surface area contributed by atoms with Gasteiger partial charge in [0.05, 0.1) is 6.54 Å². The van der Waals surface area contributed by atoms with Gasteiger partial charge in [0.1, 0.15) is 0 Å². The van der Waals surface area contributed by atoms with E-state index in [-0.39, 0.29) is 0 Å². The first kappa shape index (κ1) is 13.2. The lowest BCUT2D eigenvalue weighted by atomic mass is 9.94. The van der Waals surface area contributed by atoms with Crippen molar-refractivity contribution in [1.82, 2.24) is 0 Å². The molecule has 3 aromatic carbocycles. The van der Waals surface area contributed by atoms with Gasteiger partial charge in [0.2, 0.25) is 0 Å². The summed E-state index contributed by atoms with van der Waals surface area (Å²) < 4.78 is 4.02. The molecule has 0 saturated carbocycles. The molecule has 0 bridgehead atoms. The Morgan fingerprint density at radius 2 is 1.95 bits per heavy atom. The molecule has 106 valence electrons. The fourth-order valence-electron chi connectivity index (χ4n) is 2.79. The van der Waals surface area contributed by atoms with Gasteiger partial charge in [-0.05, 0) is 33.5 Å². The van der Waals surface area contributed by atoms with Crippen molar-refractivity contribution in [3.05, 3.63) is 65.7 Å². The third kappa shape index (κ3) is 2.12. The first-order valence-corrected chi connectivity index (χ1v) is 7.78. The Kier molecular flexibility index (Phi) is 3.24. The Morgan fingerprint density at radius 3 is 2.86 bits per heavy atom. The average Bonchev–Trinajstić information content (AvgIpc) is 2.60. The molecule has 4 heteroatoms. The van der Waals surface area contributed by atoms with Gasteiger partial charge in [0.25, 0.3) is 0 Å². The summed E-state index contributed by atoms with van der Waals surface area (Å²) in [7, 11) is 0. The smallest absolute Gasteiger partial charge is 0.151 e. The normalized spacial score (nSPS) is 13.1. The van der Waals surface area contributed by atoms with Crippen LogP contribution in [-0.2, 0) is 6.54 Å². The molecule has 0 radical (unpaired) electrons. The fourth-order valence-corrected chi connectivity index (χ4v) is 3.42. The van der Waals surface area contributed by atoms with Crippen LogP contribution in [0.4, 0.5) is 0 Å². The van der Waals surface area contributed by atoms with Crippen LogP contribution in [0.15, 0.2) is 69.1 Å². The standard InChI is InChI=1S/C18H12N2OS/c21-11-17-15-4-2-1-3-12(15)7-8-16(17)13-5-6-14-10-19-20-22-18(14)9-13/h1-9,11H,10H2. The molecule has 0 amide bonds. The molecule has 0 aromatic heterocycles. The van der Waals surface area contributed by atoms with Gasteiger partial charge in [-0.3, -0.25) is 4.79 Å². The number of carbonyl (C=O) groups excluding carboxylic acids is 1. The van der Waals surface area contributed by atoms with Gasteiger partial charge in [-0.15, -0.1) is 4.52 Å². The van der Waals surface area contributed by atoms with Gasteiger partial charge in [0.15, 0.2) is 6.29 Å². The fraction of sp³-hybridized carbons (Fsp3) is 0.0556. The molecule has 1 heterocycles. The summed E-state index contributed by atoms with van der Waals surface area (Å²) in [5.41, 5.74) is 3.91. The minimum Gasteiger partial charge on any atom is -0.298 e. The molecule has 4 rings (SSSR count). The molecular weight excluding hydrogens is 292 g/mol. The van der Waals surface area contributed by atoms with Crippen molar-refractivity contribution >= 4 is 29.0 Å². The van der Waals surface area contributed by atoms with Crippen molar-refractivity contribution in [1.29, 1.82) is 0 Å². The molecule has 0 unspecified atom stereocenters. The molecule has 0 fully saturated rings. The van der Waals surface area contributed by atoms with Crippen molar-refractivity contribution < 1.29 is 4.79 Å². The Morgan fingerprint density at radius 1 is 1.05 bits per heavy atom. The minimum absolute atomic E-state index is 0.626. The zero-order chi connectivity index (χ0) is 14.9. The predicted molar refractivity (Wildman–Crippen MR) is 89.2 cm³/mol. The Balaban J connectivity index is 1.93. The summed E-state index contributed by atoms with van der Waals surface area (Å²) in [5.74, 6) is 0. The van der Waals surface area contributed by atoms with Gasteiger partial charge < -0.3 is 0 Å². The topological polar surface area (TPSA) is 41.8 Å². The van der Waals surface area contributed by atoms with Crippen molar-refractivity contribution in [2.75, 3.05) is 0 Å². The lowest BCUT2D eigenvalue weighted by Gasteiger charge is -2.13. The van der Waals surface area contributed by atoms with Gasteiger partial charge in [-0.2, -0.15) is 5.11 Å². The monoisotopic (exact) mass is 304 g/mol. The van der Waals surface area contributed by atoms with Crippen LogP contribution in [0.5, 0.6) is 0 Å². The third-order valence-corrected chi connectivity index (χ3v) is 4.68. The third-order valence-electron chi connectivity index (χ3n) is 3.90. The van der Waals surface area contributed by atoms with Crippen molar-refractivity contribution in [2.45, 2.75) is 11.4 Å². The second-order valence-corrected chi connectivity index (χ2v) is 5.95. The Bertz CT molecular complexity index is 918. The highest BCUT2D eigenvalue weighted by molar-refractivity contribution is 7.98. The Hall–Kier alpha value is -2.46. The maximum absolute atomic E-state index is 11.7. The lowest BCUT2D eigenvalue weighted by Crippen LogP contribution is -1.93. The van der Waals surface area contributed by atoms with E-state index in [2.05, 4.69) is 33.9 Å².